The monoisotopic (exact) mass is 419 g/mol. The molecule has 21 heavy (non-hydrogen) atoms. The molecule has 2 aromatic carbocycles. The van der Waals surface area contributed by atoms with E-state index in [-0.39, 0.29) is 16.2 Å². The molecule has 0 unspecified atom stereocenters. The van der Waals surface area contributed by atoms with E-state index >= 15 is 0 Å². The molecular formula is C13H10INO5S. The Kier molecular flexibility index (Phi) is 4.49. The number of primary sulfonamides is 1. The number of aromatic carboxylic acids is 1. The zero-order chi connectivity index (χ0) is 15.6. The lowest BCUT2D eigenvalue weighted by molar-refractivity contribution is 0.0694. The lowest BCUT2D eigenvalue weighted by atomic mass is 10.2. The predicted molar refractivity (Wildman–Crippen MR) is 84.0 cm³/mol. The highest BCUT2D eigenvalue weighted by Gasteiger charge is 2.18. The van der Waals surface area contributed by atoms with Crippen molar-refractivity contribution in [1.29, 1.82) is 0 Å². The van der Waals surface area contributed by atoms with Crippen molar-refractivity contribution in [1.82, 2.24) is 0 Å². The molecular weight excluding hydrogens is 409 g/mol. The van der Waals surface area contributed by atoms with Crippen LogP contribution in [0.15, 0.2) is 47.4 Å². The molecule has 0 saturated heterocycles. The summed E-state index contributed by atoms with van der Waals surface area (Å²) < 4.78 is 28.9. The van der Waals surface area contributed by atoms with E-state index in [2.05, 4.69) is 0 Å². The van der Waals surface area contributed by atoms with E-state index in [0.29, 0.717) is 5.75 Å². The maximum atomic E-state index is 11.3. The Hall–Kier alpha value is -1.65. The van der Waals surface area contributed by atoms with Gasteiger partial charge in [-0.15, -0.1) is 0 Å². The summed E-state index contributed by atoms with van der Waals surface area (Å²) in [6.07, 6.45) is 0. The third-order valence-corrected chi connectivity index (χ3v) is 4.37. The molecule has 0 atom stereocenters. The quantitative estimate of drug-likeness (QED) is 0.741. The molecule has 0 amide bonds. The van der Waals surface area contributed by atoms with Gasteiger partial charge in [-0.25, -0.2) is 18.4 Å². The lowest BCUT2D eigenvalue weighted by Gasteiger charge is -2.11. The Balaban J connectivity index is 2.50. The largest absolute Gasteiger partial charge is 0.478 e. The number of carboxylic acid groups (broad SMARTS) is 1. The first-order valence-electron chi connectivity index (χ1n) is 5.61. The number of carbonyl (C=O) groups is 1. The first-order valence-corrected chi connectivity index (χ1v) is 8.24. The van der Waals surface area contributed by atoms with E-state index in [0.717, 1.165) is 9.64 Å². The molecule has 6 nitrogen and oxygen atoms in total. The number of hydrogen-bond acceptors (Lipinski definition) is 4. The van der Waals surface area contributed by atoms with Crippen molar-refractivity contribution >= 4 is 38.6 Å². The fourth-order valence-electron chi connectivity index (χ4n) is 1.59. The van der Waals surface area contributed by atoms with Crippen LogP contribution in [0.1, 0.15) is 10.4 Å². The fraction of sp³-hybridized carbons (Fsp3) is 0. The standard InChI is InChI=1S/C13H10INO5S/c14-10-3-1-2-4-12(10)20-11-6-5-8(21(15,18)19)7-9(11)13(16)17/h1-7H,(H,16,17)(H2,15,18,19). The van der Waals surface area contributed by atoms with E-state index in [9.17, 15) is 18.3 Å². The zero-order valence-electron chi connectivity index (χ0n) is 10.5. The topological polar surface area (TPSA) is 107 Å². The van der Waals surface area contributed by atoms with Crippen LogP contribution in [0.25, 0.3) is 0 Å². The SMILES string of the molecule is NS(=O)(=O)c1ccc(Oc2ccccc2I)c(C(=O)O)c1. The van der Waals surface area contributed by atoms with Gasteiger partial charge in [0.1, 0.15) is 17.1 Å². The van der Waals surface area contributed by atoms with Crippen molar-refractivity contribution in [2.24, 2.45) is 5.14 Å². The number of ether oxygens (including phenoxy) is 1. The van der Waals surface area contributed by atoms with Crippen LogP contribution in [0.2, 0.25) is 0 Å². The number of para-hydroxylation sites is 1. The molecule has 2 aromatic rings. The van der Waals surface area contributed by atoms with Crippen molar-refractivity contribution in [2.45, 2.75) is 4.90 Å². The van der Waals surface area contributed by atoms with E-state index in [1.165, 1.54) is 12.1 Å². The molecule has 0 fully saturated rings. The Bertz CT molecular complexity index is 804. The van der Waals surface area contributed by atoms with Crippen LogP contribution in [0, 0.1) is 3.57 Å². The van der Waals surface area contributed by atoms with Crippen molar-refractivity contribution < 1.29 is 23.1 Å². The molecule has 3 N–H and O–H groups in total. The van der Waals surface area contributed by atoms with Gasteiger partial charge in [0.15, 0.2) is 0 Å². The first kappa shape index (κ1) is 15.7. The first-order chi connectivity index (χ1) is 9.79. The minimum Gasteiger partial charge on any atom is -0.478 e. The molecule has 0 aliphatic carbocycles. The number of carboxylic acids is 1. The normalized spacial score (nSPS) is 11.1. The molecule has 0 radical (unpaired) electrons. The molecule has 2 rings (SSSR count). The van der Waals surface area contributed by atoms with E-state index < -0.39 is 16.0 Å². The molecule has 0 bridgehead atoms. The maximum absolute atomic E-state index is 11.3. The van der Waals surface area contributed by atoms with Crippen LogP contribution in [0.3, 0.4) is 0 Å². The summed E-state index contributed by atoms with van der Waals surface area (Å²) in [4.78, 5) is 11.0. The van der Waals surface area contributed by atoms with Crippen molar-refractivity contribution in [3.8, 4) is 11.5 Å². The van der Waals surface area contributed by atoms with Gasteiger partial charge < -0.3 is 9.84 Å². The Morgan fingerprint density at radius 3 is 2.38 bits per heavy atom. The molecule has 8 heteroatoms. The van der Waals surface area contributed by atoms with Gasteiger partial charge in [0, 0.05) is 0 Å². The number of sulfonamides is 1. The van der Waals surface area contributed by atoms with Crippen LogP contribution in [-0.2, 0) is 10.0 Å². The van der Waals surface area contributed by atoms with Gasteiger partial charge in [-0.3, -0.25) is 0 Å². The highest BCUT2D eigenvalue weighted by atomic mass is 127. The number of hydrogen-bond donors (Lipinski definition) is 2. The van der Waals surface area contributed by atoms with Crippen LogP contribution in [-0.4, -0.2) is 19.5 Å². The second-order valence-electron chi connectivity index (χ2n) is 4.04. The predicted octanol–water partition coefficient (Wildman–Crippen LogP) is 2.43. The Labute approximate surface area is 134 Å². The van der Waals surface area contributed by atoms with Gasteiger partial charge in [-0.1, -0.05) is 12.1 Å². The van der Waals surface area contributed by atoms with Gasteiger partial charge in [-0.2, -0.15) is 0 Å². The summed E-state index contributed by atoms with van der Waals surface area (Å²) in [6, 6.07) is 10.5. The minimum atomic E-state index is -3.98. The summed E-state index contributed by atoms with van der Waals surface area (Å²) in [5.74, 6) is -0.788. The zero-order valence-corrected chi connectivity index (χ0v) is 13.5. The van der Waals surface area contributed by atoms with Gasteiger partial charge in [0.2, 0.25) is 10.0 Å². The average molecular weight is 419 g/mol. The van der Waals surface area contributed by atoms with Crippen molar-refractivity contribution in [3.63, 3.8) is 0 Å². The Morgan fingerprint density at radius 2 is 1.81 bits per heavy atom. The lowest BCUT2D eigenvalue weighted by Crippen LogP contribution is -2.13. The van der Waals surface area contributed by atoms with E-state index in [4.69, 9.17) is 9.88 Å². The minimum absolute atomic E-state index is 0.0408. The average Bonchev–Trinajstić information content (AvgIpc) is 2.40. The third kappa shape index (κ3) is 3.71. The summed E-state index contributed by atoms with van der Waals surface area (Å²) in [6.45, 7) is 0. The van der Waals surface area contributed by atoms with Gasteiger partial charge in [0.05, 0.1) is 8.47 Å². The molecule has 0 aromatic heterocycles. The highest BCUT2D eigenvalue weighted by Crippen LogP contribution is 2.30. The smallest absolute Gasteiger partial charge is 0.339 e. The van der Waals surface area contributed by atoms with Crippen LogP contribution in [0.5, 0.6) is 11.5 Å². The van der Waals surface area contributed by atoms with E-state index in [1.54, 1.807) is 18.2 Å². The van der Waals surface area contributed by atoms with Crippen LogP contribution in [0.4, 0.5) is 0 Å². The second kappa shape index (κ2) is 6.00. The second-order valence-corrected chi connectivity index (χ2v) is 6.76. The Morgan fingerprint density at radius 1 is 1.14 bits per heavy atom. The summed E-state index contributed by atoms with van der Waals surface area (Å²) in [7, 11) is -3.98. The molecule has 110 valence electrons. The highest BCUT2D eigenvalue weighted by molar-refractivity contribution is 14.1. The summed E-state index contributed by atoms with van der Waals surface area (Å²) >= 11 is 2.05. The van der Waals surface area contributed by atoms with Crippen molar-refractivity contribution in [2.75, 3.05) is 0 Å². The van der Waals surface area contributed by atoms with Crippen LogP contribution >= 0.6 is 22.6 Å². The fourth-order valence-corrected chi connectivity index (χ4v) is 2.63. The van der Waals surface area contributed by atoms with Gasteiger partial charge >= 0.3 is 5.97 Å². The van der Waals surface area contributed by atoms with Crippen LogP contribution < -0.4 is 9.88 Å². The van der Waals surface area contributed by atoms with Gasteiger partial charge in [0.25, 0.3) is 0 Å². The van der Waals surface area contributed by atoms with E-state index in [1.807, 2.05) is 28.7 Å². The number of benzene rings is 2. The van der Waals surface area contributed by atoms with Crippen molar-refractivity contribution in [3.05, 3.63) is 51.6 Å². The summed E-state index contributed by atoms with van der Waals surface area (Å²) in [5, 5.41) is 14.2. The number of halogens is 1. The number of nitrogens with two attached hydrogens (primary N) is 1. The number of rotatable bonds is 4. The molecule has 0 heterocycles. The summed E-state index contributed by atoms with van der Waals surface area (Å²) in [5.41, 5.74) is -0.277. The molecule has 0 aliphatic heterocycles. The van der Waals surface area contributed by atoms with Gasteiger partial charge in [-0.05, 0) is 52.9 Å². The third-order valence-electron chi connectivity index (χ3n) is 2.57. The molecule has 0 saturated carbocycles. The molecule has 0 aliphatic rings. The maximum Gasteiger partial charge on any atom is 0.339 e. The molecule has 0 spiro atoms.